The van der Waals surface area contributed by atoms with Crippen molar-refractivity contribution in [3.63, 3.8) is 0 Å². The van der Waals surface area contributed by atoms with Crippen LogP contribution in [0, 0.1) is 6.92 Å². The zero-order chi connectivity index (χ0) is 9.26. The predicted molar refractivity (Wildman–Crippen MR) is 57.3 cm³/mol. The van der Waals surface area contributed by atoms with Crippen LogP contribution in [-0.4, -0.2) is 10.9 Å². The van der Waals surface area contributed by atoms with Gasteiger partial charge in [-0.1, -0.05) is 12.1 Å². The van der Waals surface area contributed by atoms with Crippen LogP contribution in [0.1, 0.15) is 29.2 Å². The Morgan fingerprint density at radius 3 is 2.92 bits per heavy atom. The predicted octanol–water partition coefficient (Wildman–Crippen LogP) is 3.27. The van der Waals surface area contributed by atoms with Crippen molar-refractivity contribution in [1.29, 1.82) is 0 Å². The Balaban J connectivity index is 2.29. The highest BCUT2D eigenvalue weighted by Crippen LogP contribution is 2.43. The maximum Gasteiger partial charge on any atom is 0.120 e. The van der Waals surface area contributed by atoms with Gasteiger partial charge >= 0.3 is 0 Å². The second-order valence-electron chi connectivity index (χ2n) is 3.56. The van der Waals surface area contributed by atoms with Gasteiger partial charge in [-0.15, -0.1) is 0 Å². The lowest BCUT2D eigenvalue weighted by Crippen LogP contribution is -1.89. The topological polar surface area (TPSA) is 20.2 Å². The Hall–Kier alpha value is -0.630. The first-order valence-corrected chi connectivity index (χ1v) is 5.73. The maximum atomic E-state index is 9.74. The molecular weight excluding hydrogens is 180 g/mol. The fourth-order valence-electron chi connectivity index (χ4n) is 1.75. The van der Waals surface area contributed by atoms with E-state index in [2.05, 4.69) is 12.1 Å². The Morgan fingerprint density at radius 2 is 2.31 bits per heavy atom. The van der Waals surface area contributed by atoms with Crippen molar-refractivity contribution in [2.45, 2.75) is 25.0 Å². The molecule has 0 radical (unpaired) electrons. The lowest BCUT2D eigenvalue weighted by molar-refractivity contribution is 0.466. The summed E-state index contributed by atoms with van der Waals surface area (Å²) in [6.45, 7) is 2.01. The van der Waals surface area contributed by atoms with Crippen molar-refractivity contribution >= 4 is 11.8 Å². The maximum absolute atomic E-state index is 9.74. The van der Waals surface area contributed by atoms with Crippen molar-refractivity contribution in [1.82, 2.24) is 0 Å². The second-order valence-corrected chi connectivity index (χ2v) is 4.87. The molecule has 0 saturated carbocycles. The molecule has 1 unspecified atom stereocenters. The number of hydrogen-bond donors (Lipinski definition) is 1. The Kier molecular flexibility index (Phi) is 2.49. The minimum atomic E-state index is 0.472. The van der Waals surface area contributed by atoms with Gasteiger partial charge in [-0.25, -0.2) is 0 Å². The first-order valence-electron chi connectivity index (χ1n) is 4.68. The summed E-state index contributed by atoms with van der Waals surface area (Å²) >= 11 is 1.96. The highest BCUT2D eigenvalue weighted by molar-refractivity contribution is 7.99. The van der Waals surface area contributed by atoms with Crippen molar-refractivity contribution in [2.75, 3.05) is 5.75 Å². The first kappa shape index (κ1) is 8.95. The summed E-state index contributed by atoms with van der Waals surface area (Å²) in [5.74, 6) is 1.71. The molecule has 1 nitrogen and oxygen atoms in total. The first-order chi connectivity index (χ1) is 6.27. The van der Waals surface area contributed by atoms with Gasteiger partial charge in [-0.2, -0.15) is 11.8 Å². The van der Waals surface area contributed by atoms with Gasteiger partial charge in [-0.3, -0.25) is 0 Å². The van der Waals surface area contributed by atoms with Gasteiger partial charge in [0.1, 0.15) is 5.75 Å². The summed E-state index contributed by atoms with van der Waals surface area (Å²) in [6, 6.07) is 6.00. The van der Waals surface area contributed by atoms with Crippen molar-refractivity contribution in [3.05, 3.63) is 29.3 Å². The molecule has 1 saturated heterocycles. The van der Waals surface area contributed by atoms with E-state index in [1.54, 1.807) is 0 Å². The molecule has 1 N–H and O–H groups in total. The van der Waals surface area contributed by atoms with Crippen LogP contribution in [0.4, 0.5) is 0 Å². The summed E-state index contributed by atoms with van der Waals surface area (Å²) in [7, 11) is 0. The molecule has 0 aliphatic carbocycles. The van der Waals surface area contributed by atoms with Gasteiger partial charge in [0.15, 0.2) is 0 Å². The van der Waals surface area contributed by atoms with Crippen LogP contribution in [0.2, 0.25) is 0 Å². The van der Waals surface area contributed by atoms with E-state index in [9.17, 15) is 5.11 Å². The molecule has 1 heterocycles. The largest absolute Gasteiger partial charge is 0.508 e. The molecule has 2 heteroatoms. The minimum absolute atomic E-state index is 0.472. The van der Waals surface area contributed by atoms with Crippen LogP contribution >= 0.6 is 11.8 Å². The van der Waals surface area contributed by atoms with Crippen molar-refractivity contribution in [2.24, 2.45) is 0 Å². The lowest BCUT2D eigenvalue weighted by atomic mass is 10.1. The summed E-state index contributed by atoms with van der Waals surface area (Å²) in [5, 5.41) is 10.3. The van der Waals surface area contributed by atoms with Crippen molar-refractivity contribution in [3.8, 4) is 5.75 Å². The van der Waals surface area contributed by atoms with Gasteiger partial charge in [-0.05, 0) is 37.1 Å². The van der Waals surface area contributed by atoms with Crippen LogP contribution in [0.5, 0.6) is 5.75 Å². The Labute approximate surface area is 83.2 Å². The number of phenols is 1. The van der Waals surface area contributed by atoms with Gasteiger partial charge in [0.05, 0.1) is 0 Å². The lowest BCUT2D eigenvalue weighted by Gasteiger charge is -2.11. The van der Waals surface area contributed by atoms with Crippen LogP contribution in [0.15, 0.2) is 18.2 Å². The molecule has 1 aliphatic rings. The molecule has 70 valence electrons. The molecule has 2 rings (SSSR count). The monoisotopic (exact) mass is 194 g/mol. The fraction of sp³-hybridized carbons (Fsp3) is 0.455. The van der Waals surface area contributed by atoms with Gasteiger partial charge in [0, 0.05) is 10.8 Å². The highest BCUT2D eigenvalue weighted by Gasteiger charge is 2.20. The fourth-order valence-corrected chi connectivity index (χ4v) is 3.08. The third-order valence-electron chi connectivity index (χ3n) is 2.46. The normalized spacial score (nSPS) is 22.1. The molecule has 0 bridgehead atoms. The SMILES string of the molecule is Cc1ccc(C2CCCS2)c(O)c1. The van der Waals surface area contributed by atoms with Gasteiger partial charge in [0.2, 0.25) is 0 Å². The number of thioether (sulfide) groups is 1. The molecule has 0 spiro atoms. The van der Waals surface area contributed by atoms with E-state index in [0.29, 0.717) is 11.0 Å². The number of benzene rings is 1. The van der Waals surface area contributed by atoms with E-state index in [-0.39, 0.29) is 0 Å². The van der Waals surface area contributed by atoms with Crippen LogP contribution in [0.3, 0.4) is 0 Å². The number of hydrogen-bond acceptors (Lipinski definition) is 2. The highest BCUT2D eigenvalue weighted by atomic mass is 32.2. The summed E-state index contributed by atoms with van der Waals surface area (Å²) in [5.41, 5.74) is 2.25. The molecule has 1 aromatic carbocycles. The third-order valence-corrected chi connectivity index (χ3v) is 3.88. The molecule has 1 fully saturated rings. The van der Waals surface area contributed by atoms with E-state index < -0.39 is 0 Å². The van der Waals surface area contributed by atoms with Gasteiger partial charge in [0.25, 0.3) is 0 Å². The molecule has 1 aromatic rings. The zero-order valence-electron chi connectivity index (χ0n) is 7.79. The summed E-state index contributed by atoms with van der Waals surface area (Å²) in [6.07, 6.45) is 2.49. The Bertz CT molecular complexity index is 303. The smallest absolute Gasteiger partial charge is 0.120 e. The standard InChI is InChI=1S/C11H14OS/c1-8-4-5-9(10(12)7-8)11-3-2-6-13-11/h4-5,7,11-12H,2-3,6H2,1H3. The van der Waals surface area contributed by atoms with E-state index in [1.165, 1.54) is 18.6 Å². The van der Waals surface area contributed by atoms with E-state index in [0.717, 1.165) is 11.1 Å². The number of rotatable bonds is 1. The summed E-state index contributed by atoms with van der Waals surface area (Å²) in [4.78, 5) is 0. The van der Waals surface area contributed by atoms with Crippen molar-refractivity contribution < 1.29 is 5.11 Å². The number of aromatic hydroxyl groups is 1. The third kappa shape index (κ3) is 1.83. The number of aryl methyl sites for hydroxylation is 1. The van der Waals surface area contributed by atoms with Gasteiger partial charge < -0.3 is 5.11 Å². The molecule has 0 aromatic heterocycles. The number of phenolic OH excluding ortho intramolecular Hbond substituents is 1. The van der Waals surface area contributed by atoms with Crippen LogP contribution in [0.25, 0.3) is 0 Å². The van der Waals surface area contributed by atoms with E-state index >= 15 is 0 Å². The molecule has 0 amide bonds. The van der Waals surface area contributed by atoms with Crippen LogP contribution < -0.4 is 0 Å². The Morgan fingerprint density at radius 1 is 1.46 bits per heavy atom. The molecule has 13 heavy (non-hydrogen) atoms. The second kappa shape index (κ2) is 3.62. The molecular formula is C11H14OS. The molecule has 1 atom stereocenters. The van der Waals surface area contributed by atoms with E-state index in [4.69, 9.17) is 0 Å². The average Bonchev–Trinajstić information content (AvgIpc) is 2.56. The minimum Gasteiger partial charge on any atom is -0.508 e. The zero-order valence-corrected chi connectivity index (χ0v) is 8.60. The summed E-state index contributed by atoms with van der Waals surface area (Å²) < 4.78 is 0. The van der Waals surface area contributed by atoms with Crippen LogP contribution in [-0.2, 0) is 0 Å². The quantitative estimate of drug-likeness (QED) is 0.740. The van der Waals surface area contributed by atoms with E-state index in [1.807, 2.05) is 24.8 Å². The molecule has 1 aliphatic heterocycles. The average molecular weight is 194 g/mol.